The Kier molecular flexibility index (Phi) is 6.56. The van der Waals surface area contributed by atoms with Crippen molar-refractivity contribution in [3.63, 3.8) is 0 Å². The normalized spacial score (nSPS) is 23.6. The van der Waals surface area contributed by atoms with E-state index >= 15 is 0 Å². The summed E-state index contributed by atoms with van der Waals surface area (Å²) in [6.45, 7) is -0.570. The molecule has 3 fully saturated rings. The Balaban J connectivity index is 1.27. The zero-order chi connectivity index (χ0) is 23.6. The first-order valence-electron chi connectivity index (χ1n) is 10.4. The number of benzene rings is 2. The van der Waals surface area contributed by atoms with Crippen molar-refractivity contribution >= 4 is 23.4 Å². The van der Waals surface area contributed by atoms with Gasteiger partial charge in [-0.2, -0.15) is 0 Å². The molecule has 3 aliphatic carbocycles. The van der Waals surface area contributed by atoms with Crippen molar-refractivity contribution in [2.45, 2.75) is 36.4 Å². The Morgan fingerprint density at radius 3 is 2.36 bits per heavy atom. The Hall–Kier alpha value is -2.75. The fraction of sp³-hybridized carbons (Fsp3) is 0.391. The largest absolute Gasteiger partial charge is 0.484 e. The van der Waals surface area contributed by atoms with Gasteiger partial charge in [-0.05, 0) is 49.1 Å². The van der Waals surface area contributed by atoms with E-state index in [-0.39, 0.29) is 42.4 Å². The first-order chi connectivity index (χ1) is 15.7. The molecule has 2 amide bonds. The highest BCUT2D eigenvalue weighted by molar-refractivity contribution is 6.30. The van der Waals surface area contributed by atoms with Crippen molar-refractivity contribution in [1.29, 1.82) is 0 Å². The van der Waals surface area contributed by atoms with Gasteiger partial charge < -0.3 is 25.2 Å². The van der Waals surface area contributed by atoms with E-state index in [0.717, 1.165) is 6.07 Å². The maximum absolute atomic E-state index is 13.5. The van der Waals surface area contributed by atoms with Crippen LogP contribution >= 0.6 is 11.6 Å². The van der Waals surface area contributed by atoms with Crippen LogP contribution < -0.4 is 15.4 Å². The predicted octanol–water partition coefficient (Wildman–Crippen LogP) is 2.65. The molecule has 0 aliphatic heterocycles. The molecular weight excluding hydrogens is 458 g/mol. The fourth-order valence-corrected chi connectivity index (χ4v) is 4.68. The average Bonchev–Trinajstić information content (AvgIpc) is 2.73. The summed E-state index contributed by atoms with van der Waals surface area (Å²) in [4.78, 5) is 25.1. The second-order valence-electron chi connectivity index (χ2n) is 8.52. The van der Waals surface area contributed by atoms with Crippen LogP contribution in [0.3, 0.4) is 0 Å². The van der Waals surface area contributed by atoms with Crippen LogP contribution in [0.5, 0.6) is 5.75 Å². The monoisotopic (exact) mass is 480 g/mol. The Bertz CT molecular complexity index is 1030. The maximum Gasteiger partial charge on any atom is 0.258 e. The zero-order valence-electron chi connectivity index (χ0n) is 17.6. The van der Waals surface area contributed by atoms with Gasteiger partial charge in [-0.1, -0.05) is 23.7 Å². The van der Waals surface area contributed by atoms with E-state index in [1.165, 1.54) is 36.4 Å². The molecule has 0 radical (unpaired) electrons. The van der Waals surface area contributed by atoms with Crippen LogP contribution in [0.1, 0.15) is 30.9 Å². The van der Waals surface area contributed by atoms with Gasteiger partial charge in [-0.3, -0.25) is 9.59 Å². The minimum atomic E-state index is -0.981. The fourth-order valence-electron chi connectivity index (χ4n) is 4.56. The molecule has 2 aromatic carbocycles. The van der Waals surface area contributed by atoms with Crippen LogP contribution in [0, 0.1) is 11.6 Å². The molecule has 2 aromatic rings. The van der Waals surface area contributed by atoms with Crippen molar-refractivity contribution in [3.05, 3.63) is 64.7 Å². The topological polar surface area (TPSA) is 96.9 Å². The summed E-state index contributed by atoms with van der Waals surface area (Å²) in [6.07, 6.45) is 0.695. The van der Waals surface area contributed by atoms with Crippen molar-refractivity contribution in [2.75, 3.05) is 19.8 Å². The van der Waals surface area contributed by atoms with Gasteiger partial charge in [-0.15, -0.1) is 0 Å². The summed E-state index contributed by atoms with van der Waals surface area (Å²) in [6, 6.07) is 9.34. The number of hydrogen-bond donors (Lipinski definition) is 3. The highest BCUT2D eigenvalue weighted by Crippen LogP contribution is 2.60. The molecule has 0 heterocycles. The van der Waals surface area contributed by atoms with Crippen LogP contribution in [0.15, 0.2) is 42.5 Å². The summed E-state index contributed by atoms with van der Waals surface area (Å²) < 4.78 is 37.5. The number of hydrogen-bond acceptors (Lipinski definition) is 5. The van der Waals surface area contributed by atoms with Crippen LogP contribution in [0.2, 0.25) is 5.02 Å². The van der Waals surface area contributed by atoms with Crippen molar-refractivity contribution in [3.8, 4) is 5.75 Å². The van der Waals surface area contributed by atoms with Gasteiger partial charge in [0.1, 0.15) is 17.4 Å². The maximum atomic E-state index is 13.5. The van der Waals surface area contributed by atoms with E-state index < -0.39 is 28.8 Å². The molecule has 3 aliphatic rings. The Morgan fingerprint density at radius 1 is 1.06 bits per heavy atom. The molecule has 2 bridgehead atoms. The molecule has 1 atom stereocenters. The van der Waals surface area contributed by atoms with Crippen LogP contribution in [0.4, 0.5) is 8.78 Å². The molecule has 7 nitrogen and oxygen atoms in total. The van der Waals surface area contributed by atoms with Crippen molar-refractivity contribution in [2.24, 2.45) is 0 Å². The summed E-state index contributed by atoms with van der Waals surface area (Å²) >= 11 is 5.62. The number of aliphatic hydroxyl groups is 1. The molecule has 0 saturated heterocycles. The molecule has 0 spiro atoms. The number of ether oxygens (including phenoxy) is 2. The van der Waals surface area contributed by atoms with Crippen LogP contribution in [0.25, 0.3) is 0 Å². The Labute approximate surface area is 194 Å². The molecule has 33 heavy (non-hydrogen) atoms. The van der Waals surface area contributed by atoms with E-state index in [2.05, 4.69) is 10.6 Å². The molecule has 3 N–H and O–H groups in total. The number of aliphatic hydroxyl groups excluding tert-OH is 1. The third-order valence-corrected chi connectivity index (χ3v) is 6.18. The lowest BCUT2D eigenvalue weighted by molar-refractivity contribution is -0.157. The first kappa shape index (κ1) is 23.4. The van der Waals surface area contributed by atoms with Gasteiger partial charge in [0.15, 0.2) is 12.7 Å². The van der Waals surface area contributed by atoms with Gasteiger partial charge in [0.2, 0.25) is 0 Å². The predicted molar refractivity (Wildman–Crippen MR) is 115 cm³/mol. The first-order valence-corrected chi connectivity index (χ1v) is 10.8. The third-order valence-electron chi connectivity index (χ3n) is 5.87. The SMILES string of the molecule is O=C(COc1ccc(Cl)c(F)c1)NC12CC(NC(=O)C(OCCO)c3ccc(F)cc3)(C1)C2. The highest BCUT2D eigenvalue weighted by Gasteiger charge is 2.69. The number of carbonyl (C=O) groups is 2. The van der Waals surface area contributed by atoms with Crippen LogP contribution in [-0.4, -0.2) is 47.8 Å². The number of amides is 2. The molecule has 5 rings (SSSR count). The van der Waals surface area contributed by atoms with E-state index in [0.29, 0.717) is 24.8 Å². The molecule has 176 valence electrons. The van der Waals surface area contributed by atoms with E-state index in [4.69, 9.17) is 26.2 Å². The molecule has 3 saturated carbocycles. The molecule has 1 unspecified atom stereocenters. The number of carbonyl (C=O) groups excluding carboxylic acids is 2. The van der Waals surface area contributed by atoms with E-state index in [1.54, 1.807) is 0 Å². The third kappa shape index (κ3) is 5.10. The van der Waals surface area contributed by atoms with E-state index in [9.17, 15) is 18.4 Å². The van der Waals surface area contributed by atoms with Crippen molar-refractivity contribution < 1.29 is 33.0 Å². The molecule has 10 heteroatoms. The lowest BCUT2D eigenvalue weighted by atomic mass is 9.44. The summed E-state index contributed by atoms with van der Waals surface area (Å²) in [5, 5.41) is 14.9. The highest BCUT2D eigenvalue weighted by atomic mass is 35.5. The molecule has 0 aromatic heterocycles. The Morgan fingerprint density at radius 2 is 1.73 bits per heavy atom. The van der Waals surface area contributed by atoms with Gasteiger partial charge in [0.05, 0.1) is 18.2 Å². The molecular formula is C23H23ClF2N2O5. The average molecular weight is 481 g/mol. The smallest absolute Gasteiger partial charge is 0.258 e. The van der Waals surface area contributed by atoms with E-state index in [1.807, 2.05) is 0 Å². The van der Waals surface area contributed by atoms with Gasteiger partial charge in [0.25, 0.3) is 11.8 Å². The van der Waals surface area contributed by atoms with Gasteiger partial charge in [0, 0.05) is 17.1 Å². The quantitative estimate of drug-likeness (QED) is 0.486. The summed E-state index contributed by atoms with van der Waals surface area (Å²) in [5.41, 5.74) is -0.366. The zero-order valence-corrected chi connectivity index (χ0v) is 18.3. The minimum Gasteiger partial charge on any atom is -0.484 e. The summed E-state index contributed by atoms with van der Waals surface area (Å²) in [5.74, 6) is -1.60. The lowest BCUT2D eigenvalue weighted by Crippen LogP contribution is -2.84. The number of rotatable bonds is 10. The second-order valence-corrected chi connectivity index (χ2v) is 8.93. The number of nitrogens with one attached hydrogen (secondary N) is 2. The minimum absolute atomic E-state index is 0.0311. The lowest BCUT2D eigenvalue weighted by Gasteiger charge is -2.70. The standard InChI is InChI=1S/C23H23ClF2N2O5/c24-17-6-5-16(9-18(17)26)33-10-19(30)27-22-11-23(12-22,13-22)28-21(31)20(32-8-7-29)14-1-3-15(25)4-2-14/h1-6,9,20,29H,7-8,10-13H2,(H,27,30)(H,28,31). The number of halogens is 3. The van der Waals surface area contributed by atoms with Gasteiger partial charge in [-0.25, -0.2) is 8.78 Å². The summed E-state index contributed by atoms with van der Waals surface area (Å²) in [7, 11) is 0. The van der Waals surface area contributed by atoms with Crippen LogP contribution in [-0.2, 0) is 14.3 Å². The second kappa shape index (κ2) is 9.24. The van der Waals surface area contributed by atoms with Gasteiger partial charge >= 0.3 is 0 Å². The van der Waals surface area contributed by atoms with Crippen molar-refractivity contribution in [1.82, 2.24) is 10.6 Å².